The van der Waals surface area contributed by atoms with Crippen LogP contribution in [0, 0.1) is 5.82 Å². The SMILES string of the molecule is COc1ccc(NC(=O)Nc2nccn(-c3cccc(F)c3)c2=O)cc1OC. The van der Waals surface area contributed by atoms with E-state index in [4.69, 9.17) is 9.47 Å². The Labute approximate surface area is 159 Å². The summed E-state index contributed by atoms with van der Waals surface area (Å²) in [5.74, 6) is 0.259. The maximum Gasteiger partial charge on any atom is 0.325 e. The summed E-state index contributed by atoms with van der Waals surface area (Å²) >= 11 is 0. The first-order valence-corrected chi connectivity index (χ1v) is 8.15. The lowest BCUT2D eigenvalue weighted by Gasteiger charge is -2.11. The topological polar surface area (TPSA) is 94.5 Å². The van der Waals surface area contributed by atoms with Crippen LogP contribution in [0.25, 0.3) is 5.69 Å². The number of anilines is 2. The molecule has 0 radical (unpaired) electrons. The predicted molar refractivity (Wildman–Crippen MR) is 102 cm³/mol. The molecule has 1 heterocycles. The van der Waals surface area contributed by atoms with E-state index in [-0.39, 0.29) is 5.82 Å². The molecule has 0 saturated heterocycles. The highest BCUT2D eigenvalue weighted by molar-refractivity contribution is 5.99. The lowest BCUT2D eigenvalue weighted by Crippen LogP contribution is -2.28. The van der Waals surface area contributed by atoms with Crippen molar-refractivity contribution in [3.63, 3.8) is 0 Å². The minimum atomic E-state index is -0.672. The van der Waals surface area contributed by atoms with Crippen molar-refractivity contribution in [2.45, 2.75) is 0 Å². The maximum absolute atomic E-state index is 13.4. The summed E-state index contributed by atoms with van der Waals surface area (Å²) in [7, 11) is 2.98. The molecule has 0 unspecified atom stereocenters. The Hall–Kier alpha value is -3.88. The molecule has 2 N–H and O–H groups in total. The zero-order chi connectivity index (χ0) is 20.1. The number of aromatic nitrogens is 2. The number of ether oxygens (including phenoxy) is 2. The molecular weight excluding hydrogens is 367 g/mol. The summed E-state index contributed by atoms with van der Waals surface area (Å²) in [5, 5.41) is 4.97. The number of carbonyl (C=O) groups excluding carboxylic acids is 1. The second-order valence-electron chi connectivity index (χ2n) is 5.58. The second kappa shape index (κ2) is 8.21. The molecule has 0 bridgehead atoms. The third-order valence-electron chi connectivity index (χ3n) is 3.80. The van der Waals surface area contributed by atoms with Crippen molar-refractivity contribution in [3.8, 4) is 17.2 Å². The van der Waals surface area contributed by atoms with Crippen molar-refractivity contribution in [1.82, 2.24) is 9.55 Å². The number of nitrogens with one attached hydrogen (secondary N) is 2. The molecule has 0 atom stereocenters. The molecule has 9 heteroatoms. The number of amides is 2. The van der Waals surface area contributed by atoms with Crippen LogP contribution >= 0.6 is 0 Å². The van der Waals surface area contributed by atoms with Crippen molar-refractivity contribution in [2.75, 3.05) is 24.9 Å². The molecule has 2 amide bonds. The number of rotatable bonds is 5. The Balaban J connectivity index is 1.80. The van der Waals surface area contributed by atoms with Gasteiger partial charge in [0.25, 0.3) is 5.56 Å². The quantitative estimate of drug-likeness (QED) is 0.705. The van der Waals surface area contributed by atoms with Crippen molar-refractivity contribution in [1.29, 1.82) is 0 Å². The monoisotopic (exact) mass is 384 g/mol. The molecule has 0 aliphatic rings. The molecule has 144 valence electrons. The first-order chi connectivity index (χ1) is 13.5. The van der Waals surface area contributed by atoms with Gasteiger partial charge in [-0.15, -0.1) is 0 Å². The van der Waals surface area contributed by atoms with Gasteiger partial charge in [-0.2, -0.15) is 0 Å². The molecule has 0 aliphatic carbocycles. The van der Waals surface area contributed by atoms with Crippen LogP contribution < -0.4 is 25.7 Å². The van der Waals surface area contributed by atoms with Crippen LogP contribution in [0.1, 0.15) is 0 Å². The van der Waals surface area contributed by atoms with Crippen molar-refractivity contribution < 1.29 is 18.7 Å². The van der Waals surface area contributed by atoms with Gasteiger partial charge in [0, 0.05) is 24.1 Å². The normalized spacial score (nSPS) is 10.2. The smallest absolute Gasteiger partial charge is 0.325 e. The number of hydrogen-bond acceptors (Lipinski definition) is 5. The first-order valence-electron chi connectivity index (χ1n) is 8.15. The number of carbonyl (C=O) groups is 1. The summed E-state index contributed by atoms with van der Waals surface area (Å²) in [4.78, 5) is 28.7. The van der Waals surface area contributed by atoms with E-state index in [0.29, 0.717) is 22.9 Å². The van der Waals surface area contributed by atoms with E-state index in [1.54, 1.807) is 24.3 Å². The van der Waals surface area contributed by atoms with Gasteiger partial charge in [0.15, 0.2) is 11.5 Å². The molecule has 0 spiro atoms. The fourth-order valence-corrected chi connectivity index (χ4v) is 2.51. The van der Waals surface area contributed by atoms with Gasteiger partial charge in [0.1, 0.15) is 5.82 Å². The van der Waals surface area contributed by atoms with E-state index in [1.165, 1.54) is 49.4 Å². The molecule has 28 heavy (non-hydrogen) atoms. The fraction of sp³-hybridized carbons (Fsp3) is 0.105. The van der Waals surface area contributed by atoms with Crippen LogP contribution in [0.4, 0.5) is 20.7 Å². The minimum Gasteiger partial charge on any atom is -0.493 e. The average Bonchev–Trinajstić information content (AvgIpc) is 2.69. The lowest BCUT2D eigenvalue weighted by molar-refractivity contribution is 0.262. The Bertz CT molecular complexity index is 1070. The number of methoxy groups -OCH3 is 2. The van der Waals surface area contributed by atoms with Gasteiger partial charge in [-0.3, -0.25) is 14.7 Å². The van der Waals surface area contributed by atoms with Crippen LogP contribution in [0.2, 0.25) is 0 Å². The second-order valence-corrected chi connectivity index (χ2v) is 5.58. The zero-order valence-electron chi connectivity index (χ0n) is 15.1. The van der Waals surface area contributed by atoms with E-state index in [1.807, 2.05) is 0 Å². The van der Waals surface area contributed by atoms with Crippen LogP contribution in [0.15, 0.2) is 59.7 Å². The van der Waals surface area contributed by atoms with Gasteiger partial charge in [0.2, 0.25) is 5.82 Å². The summed E-state index contributed by atoms with van der Waals surface area (Å²) in [6.45, 7) is 0. The Morgan fingerprint density at radius 2 is 1.86 bits per heavy atom. The average molecular weight is 384 g/mol. The molecule has 0 saturated carbocycles. The first kappa shape index (κ1) is 18.9. The fourth-order valence-electron chi connectivity index (χ4n) is 2.51. The lowest BCUT2D eigenvalue weighted by atomic mass is 10.3. The number of urea groups is 1. The molecule has 1 aromatic heterocycles. The molecular formula is C19H17FN4O4. The summed E-state index contributed by atoms with van der Waals surface area (Å²) in [6, 6.07) is 9.67. The van der Waals surface area contributed by atoms with Crippen LogP contribution in [-0.4, -0.2) is 29.8 Å². The molecule has 3 rings (SSSR count). The van der Waals surface area contributed by atoms with E-state index < -0.39 is 17.4 Å². The van der Waals surface area contributed by atoms with Gasteiger partial charge >= 0.3 is 6.03 Å². The predicted octanol–water partition coefficient (Wildman–Crippen LogP) is 3.03. The van der Waals surface area contributed by atoms with E-state index in [0.717, 1.165) is 0 Å². The summed E-state index contributed by atoms with van der Waals surface area (Å²) in [6.07, 6.45) is 2.72. The van der Waals surface area contributed by atoms with Gasteiger partial charge in [-0.25, -0.2) is 14.2 Å². The van der Waals surface area contributed by atoms with Gasteiger partial charge < -0.3 is 14.8 Å². The van der Waals surface area contributed by atoms with E-state index in [2.05, 4.69) is 15.6 Å². The van der Waals surface area contributed by atoms with Crippen LogP contribution in [0.5, 0.6) is 11.5 Å². The van der Waals surface area contributed by atoms with Gasteiger partial charge in [0.05, 0.1) is 19.9 Å². The minimum absolute atomic E-state index is 0.204. The maximum atomic E-state index is 13.4. The Morgan fingerprint density at radius 1 is 1.07 bits per heavy atom. The van der Waals surface area contributed by atoms with Crippen LogP contribution in [0.3, 0.4) is 0 Å². The van der Waals surface area contributed by atoms with Crippen molar-refractivity contribution >= 4 is 17.5 Å². The zero-order valence-corrected chi connectivity index (χ0v) is 15.1. The highest BCUT2D eigenvalue weighted by atomic mass is 19.1. The van der Waals surface area contributed by atoms with Gasteiger partial charge in [-0.1, -0.05) is 6.07 Å². The third-order valence-corrected chi connectivity index (χ3v) is 3.80. The summed E-state index contributed by atoms with van der Waals surface area (Å²) < 4.78 is 24.9. The number of hydrogen-bond donors (Lipinski definition) is 2. The highest BCUT2D eigenvalue weighted by Crippen LogP contribution is 2.29. The van der Waals surface area contributed by atoms with Crippen LogP contribution in [-0.2, 0) is 0 Å². The van der Waals surface area contributed by atoms with E-state index >= 15 is 0 Å². The number of nitrogens with zero attached hydrogens (tertiary/aromatic N) is 2. The van der Waals surface area contributed by atoms with E-state index in [9.17, 15) is 14.0 Å². The van der Waals surface area contributed by atoms with Crippen molar-refractivity contribution in [3.05, 3.63) is 71.0 Å². The number of halogens is 1. The molecule has 8 nitrogen and oxygen atoms in total. The molecule has 2 aromatic carbocycles. The Kier molecular flexibility index (Phi) is 5.54. The third kappa shape index (κ3) is 4.09. The van der Waals surface area contributed by atoms with Crippen molar-refractivity contribution in [2.24, 2.45) is 0 Å². The molecule has 0 fully saturated rings. The number of benzene rings is 2. The highest BCUT2D eigenvalue weighted by Gasteiger charge is 2.12. The molecule has 3 aromatic rings. The Morgan fingerprint density at radius 3 is 2.57 bits per heavy atom. The molecule has 0 aliphatic heterocycles. The largest absolute Gasteiger partial charge is 0.493 e. The summed E-state index contributed by atoms with van der Waals surface area (Å²) in [5.41, 5.74) is 0.142. The van der Waals surface area contributed by atoms with Gasteiger partial charge in [-0.05, 0) is 30.3 Å². The standard InChI is InChI=1S/C19H17FN4O4/c1-27-15-7-6-13(11-16(15)28-2)22-19(26)23-17-18(25)24(9-8-21-17)14-5-3-4-12(20)10-14/h3-11H,1-2H3,(H2,21,22,23,26).